The van der Waals surface area contributed by atoms with Crippen molar-refractivity contribution >= 4 is 5.69 Å². The van der Waals surface area contributed by atoms with Gasteiger partial charge in [0.25, 0.3) is 0 Å². The molecule has 1 fully saturated rings. The smallest absolute Gasteiger partial charge is 0.123 e. The number of hydrogen-bond donors (Lipinski definition) is 1. The molecular weight excluding hydrogens is 215 g/mol. The molecule has 0 saturated carbocycles. The summed E-state index contributed by atoms with van der Waals surface area (Å²) in [5.74, 6) is -0.171. The average molecular weight is 236 g/mol. The van der Waals surface area contributed by atoms with Gasteiger partial charge in [0, 0.05) is 24.3 Å². The van der Waals surface area contributed by atoms with Crippen molar-refractivity contribution in [1.29, 1.82) is 0 Å². The van der Waals surface area contributed by atoms with Crippen molar-refractivity contribution in [2.24, 2.45) is 0 Å². The maximum atomic E-state index is 12.9. The molecule has 1 saturated heterocycles. The summed E-state index contributed by atoms with van der Waals surface area (Å²) in [5.41, 5.74) is 1.30. The van der Waals surface area contributed by atoms with E-state index in [-0.39, 0.29) is 11.4 Å². The summed E-state index contributed by atoms with van der Waals surface area (Å²) >= 11 is 0. The highest BCUT2D eigenvalue weighted by Gasteiger charge is 2.29. The van der Waals surface area contributed by atoms with E-state index in [1.165, 1.54) is 25.0 Å². The lowest BCUT2D eigenvalue weighted by molar-refractivity contribution is 0.413. The minimum absolute atomic E-state index is 0.171. The molecule has 0 aliphatic carbocycles. The first kappa shape index (κ1) is 12.4. The Morgan fingerprint density at radius 3 is 2.59 bits per heavy atom. The highest BCUT2D eigenvalue weighted by Crippen LogP contribution is 2.23. The van der Waals surface area contributed by atoms with E-state index in [2.05, 4.69) is 24.1 Å². The zero-order chi connectivity index (χ0) is 12.3. The largest absolute Gasteiger partial charge is 0.370 e. The molecule has 94 valence electrons. The Balaban J connectivity index is 2.08. The molecule has 1 heterocycles. The summed E-state index contributed by atoms with van der Waals surface area (Å²) in [6.45, 7) is 7.45. The molecule has 0 bridgehead atoms. The van der Waals surface area contributed by atoms with Crippen LogP contribution < -0.4 is 10.2 Å². The number of hydrogen-bond acceptors (Lipinski definition) is 2. The van der Waals surface area contributed by atoms with Gasteiger partial charge in [-0.2, -0.15) is 0 Å². The van der Waals surface area contributed by atoms with Gasteiger partial charge in [-0.3, -0.25) is 0 Å². The summed E-state index contributed by atoms with van der Waals surface area (Å²) in [6, 6.07) is 6.78. The Hall–Kier alpha value is -1.09. The number of benzene rings is 1. The van der Waals surface area contributed by atoms with Crippen LogP contribution in [-0.2, 0) is 0 Å². The third kappa shape index (κ3) is 2.97. The fourth-order valence-corrected chi connectivity index (χ4v) is 2.55. The van der Waals surface area contributed by atoms with Crippen LogP contribution in [0.3, 0.4) is 0 Å². The maximum absolute atomic E-state index is 12.9. The Morgan fingerprint density at radius 1 is 1.35 bits per heavy atom. The van der Waals surface area contributed by atoms with Gasteiger partial charge in [-0.25, -0.2) is 4.39 Å². The molecule has 17 heavy (non-hydrogen) atoms. The van der Waals surface area contributed by atoms with E-state index in [0.717, 1.165) is 25.3 Å². The normalized spacial score (nSPS) is 23.9. The van der Waals surface area contributed by atoms with Crippen molar-refractivity contribution in [2.75, 3.05) is 24.5 Å². The van der Waals surface area contributed by atoms with Gasteiger partial charge in [0.15, 0.2) is 0 Å². The second-order valence-electron chi connectivity index (χ2n) is 5.08. The Labute approximate surface area is 103 Å². The standard InChI is InChI=1S/C14H21FN2/c1-3-17(11-14(2)9-4-10-16-14)13-7-5-12(15)6-8-13/h5-8,16H,3-4,9-11H2,1-2H3. The van der Waals surface area contributed by atoms with Crippen LogP contribution in [0.4, 0.5) is 10.1 Å². The van der Waals surface area contributed by atoms with Gasteiger partial charge >= 0.3 is 0 Å². The Kier molecular flexibility index (Phi) is 3.67. The van der Waals surface area contributed by atoms with Crippen LogP contribution in [0.25, 0.3) is 0 Å². The Bertz CT molecular complexity index is 355. The van der Waals surface area contributed by atoms with Crippen LogP contribution in [0.2, 0.25) is 0 Å². The molecule has 3 heteroatoms. The molecule has 0 aromatic heterocycles. The zero-order valence-electron chi connectivity index (χ0n) is 10.7. The second kappa shape index (κ2) is 5.05. The van der Waals surface area contributed by atoms with E-state index in [1.807, 2.05) is 12.1 Å². The molecule has 2 rings (SSSR count). The number of nitrogens with zero attached hydrogens (tertiary/aromatic N) is 1. The van der Waals surface area contributed by atoms with Crippen molar-refractivity contribution in [1.82, 2.24) is 5.32 Å². The highest BCUT2D eigenvalue weighted by molar-refractivity contribution is 5.46. The Morgan fingerprint density at radius 2 is 2.06 bits per heavy atom. The molecule has 1 aromatic carbocycles. The highest BCUT2D eigenvalue weighted by atomic mass is 19.1. The van der Waals surface area contributed by atoms with Gasteiger partial charge in [-0.15, -0.1) is 0 Å². The van der Waals surface area contributed by atoms with Crippen molar-refractivity contribution in [3.63, 3.8) is 0 Å². The molecule has 0 amide bonds. The summed E-state index contributed by atoms with van der Waals surface area (Å²) in [7, 11) is 0. The van der Waals surface area contributed by atoms with E-state index >= 15 is 0 Å². The predicted molar refractivity (Wildman–Crippen MR) is 69.9 cm³/mol. The van der Waals surface area contributed by atoms with Gasteiger partial charge in [0.2, 0.25) is 0 Å². The summed E-state index contributed by atoms with van der Waals surface area (Å²) in [4.78, 5) is 2.30. The summed E-state index contributed by atoms with van der Waals surface area (Å²) in [5, 5.41) is 3.56. The summed E-state index contributed by atoms with van der Waals surface area (Å²) < 4.78 is 12.9. The van der Waals surface area contributed by atoms with Gasteiger partial charge in [0.05, 0.1) is 0 Å². The molecule has 1 aliphatic rings. The van der Waals surface area contributed by atoms with Crippen LogP contribution in [0.1, 0.15) is 26.7 Å². The maximum Gasteiger partial charge on any atom is 0.123 e. The van der Waals surface area contributed by atoms with E-state index in [1.54, 1.807) is 0 Å². The molecule has 1 N–H and O–H groups in total. The van der Waals surface area contributed by atoms with Crippen molar-refractivity contribution in [3.8, 4) is 0 Å². The topological polar surface area (TPSA) is 15.3 Å². The van der Waals surface area contributed by atoms with Crippen LogP contribution in [-0.4, -0.2) is 25.2 Å². The van der Waals surface area contributed by atoms with Crippen LogP contribution in [0.5, 0.6) is 0 Å². The van der Waals surface area contributed by atoms with Gasteiger partial charge < -0.3 is 10.2 Å². The fraction of sp³-hybridized carbons (Fsp3) is 0.571. The first-order valence-corrected chi connectivity index (χ1v) is 6.38. The van der Waals surface area contributed by atoms with E-state index in [9.17, 15) is 4.39 Å². The SMILES string of the molecule is CCN(CC1(C)CCCN1)c1ccc(F)cc1. The second-order valence-corrected chi connectivity index (χ2v) is 5.08. The molecule has 1 aliphatic heterocycles. The number of halogens is 1. The molecule has 1 unspecified atom stereocenters. The number of nitrogens with one attached hydrogen (secondary N) is 1. The first-order chi connectivity index (χ1) is 8.13. The molecule has 1 aromatic rings. The molecule has 2 nitrogen and oxygen atoms in total. The van der Waals surface area contributed by atoms with E-state index < -0.39 is 0 Å². The quantitative estimate of drug-likeness (QED) is 0.864. The van der Waals surface area contributed by atoms with Crippen LogP contribution in [0.15, 0.2) is 24.3 Å². The van der Waals surface area contributed by atoms with Gasteiger partial charge in [0.1, 0.15) is 5.82 Å². The lowest BCUT2D eigenvalue weighted by Crippen LogP contribution is -2.47. The third-order valence-electron chi connectivity index (χ3n) is 3.57. The predicted octanol–water partition coefficient (Wildman–Crippen LogP) is 2.79. The van der Waals surface area contributed by atoms with Crippen LogP contribution >= 0.6 is 0 Å². The van der Waals surface area contributed by atoms with Crippen molar-refractivity contribution in [3.05, 3.63) is 30.1 Å². The molecule has 0 spiro atoms. The van der Waals surface area contributed by atoms with Crippen molar-refractivity contribution < 1.29 is 4.39 Å². The fourth-order valence-electron chi connectivity index (χ4n) is 2.55. The van der Waals surface area contributed by atoms with E-state index in [4.69, 9.17) is 0 Å². The van der Waals surface area contributed by atoms with Crippen LogP contribution in [0, 0.1) is 5.82 Å². The van der Waals surface area contributed by atoms with E-state index in [0.29, 0.717) is 0 Å². The lowest BCUT2D eigenvalue weighted by atomic mass is 9.99. The minimum atomic E-state index is -0.171. The first-order valence-electron chi connectivity index (χ1n) is 6.38. The van der Waals surface area contributed by atoms with Gasteiger partial charge in [-0.1, -0.05) is 0 Å². The van der Waals surface area contributed by atoms with Gasteiger partial charge in [-0.05, 0) is 57.5 Å². The van der Waals surface area contributed by atoms with Crippen molar-refractivity contribution in [2.45, 2.75) is 32.2 Å². The zero-order valence-corrected chi connectivity index (χ0v) is 10.7. The molecule has 0 radical (unpaired) electrons. The summed E-state index contributed by atoms with van der Waals surface area (Å²) in [6.07, 6.45) is 2.46. The number of anilines is 1. The number of rotatable bonds is 4. The molecule has 1 atom stereocenters. The average Bonchev–Trinajstić information content (AvgIpc) is 2.75. The minimum Gasteiger partial charge on any atom is -0.370 e. The monoisotopic (exact) mass is 236 g/mol. The third-order valence-corrected chi connectivity index (χ3v) is 3.57. The lowest BCUT2D eigenvalue weighted by Gasteiger charge is -2.33. The number of likely N-dealkylation sites (N-methyl/N-ethyl adjacent to an activating group) is 1. The molecular formula is C14H21FN2.